The van der Waals surface area contributed by atoms with E-state index in [1.54, 1.807) is 0 Å². The largest absolute Gasteiger partial charge is 0.476 e. The Hall–Kier alpha value is -1.98. The molecule has 0 aromatic carbocycles. The highest BCUT2D eigenvalue weighted by Gasteiger charge is 2.22. The standard InChI is InChI=1S/C13H17N3O3/c17-12(16-9-5-3-1-2-4-6-9)10-11(13(18)19)15-8-7-14-10/h7-9H,1-6H2,(H,16,17)(H,18,19). The van der Waals surface area contributed by atoms with Gasteiger partial charge in [-0.25, -0.2) is 14.8 Å². The fraction of sp³-hybridized carbons (Fsp3) is 0.538. The molecule has 1 amide bonds. The number of hydrogen-bond acceptors (Lipinski definition) is 4. The molecule has 0 spiro atoms. The van der Waals surface area contributed by atoms with Gasteiger partial charge in [-0.2, -0.15) is 0 Å². The van der Waals surface area contributed by atoms with Gasteiger partial charge in [-0.1, -0.05) is 25.7 Å². The number of carbonyl (C=O) groups is 2. The van der Waals surface area contributed by atoms with E-state index < -0.39 is 11.9 Å². The zero-order valence-electron chi connectivity index (χ0n) is 10.6. The molecule has 1 aromatic heterocycles. The van der Waals surface area contributed by atoms with Gasteiger partial charge in [0.2, 0.25) is 0 Å². The Bertz CT molecular complexity index is 468. The molecule has 0 atom stereocenters. The molecule has 2 rings (SSSR count). The summed E-state index contributed by atoms with van der Waals surface area (Å²) in [6, 6.07) is 0.110. The minimum absolute atomic E-state index is 0.110. The number of nitrogens with zero attached hydrogens (tertiary/aromatic N) is 2. The summed E-state index contributed by atoms with van der Waals surface area (Å²) in [7, 11) is 0. The molecule has 0 radical (unpaired) electrons. The Kier molecular flexibility index (Phi) is 4.43. The molecule has 1 fully saturated rings. The van der Waals surface area contributed by atoms with Crippen LogP contribution >= 0.6 is 0 Å². The molecule has 6 heteroatoms. The second kappa shape index (κ2) is 6.26. The Morgan fingerprint density at radius 1 is 1.05 bits per heavy atom. The van der Waals surface area contributed by atoms with E-state index in [1.165, 1.54) is 25.2 Å². The quantitative estimate of drug-likeness (QED) is 0.808. The Labute approximate surface area is 111 Å². The second-order valence-corrected chi connectivity index (χ2v) is 4.72. The van der Waals surface area contributed by atoms with Crippen molar-refractivity contribution < 1.29 is 14.7 Å². The number of carbonyl (C=O) groups excluding carboxylic acids is 1. The maximum absolute atomic E-state index is 12.1. The number of hydrogen-bond donors (Lipinski definition) is 2. The molecule has 102 valence electrons. The maximum atomic E-state index is 12.1. The third kappa shape index (κ3) is 3.49. The smallest absolute Gasteiger partial charge is 0.356 e. The van der Waals surface area contributed by atoms with E-state index in [-0.39, 0.29) is 17.4 Å². The van der Waals surface area contributed by atoms with Gasteiger partial charge in [-0.05, 0) is 12.8 Å². The fourth-order valence-corrected chi connectivity index (χ4v) is 2.34. The van der Waals surface area contributed by atoms with E-state index in [9.17, 15) is 9.59 Å². The molecule has 1 saturated carbocycles. The first-order valence-corrected chi connectivity index (χ1v) is 6.53. The van der Waals surface area contributed by atoms with Crippen molar-refractivity contribution in [1.29, 1.82) is 0 Å². The predicted octanol–water partition coefficient (Wildman–Crippen LogP) is 1.63. The summed E-state index contributed by atoms with van der Waals surface area (Å²) < 4.78 is 0. The summed E-state index contributed by atoms with van der Waals surface area (Å²) in [6.45, 7) is 0. The van der Waals surface area contributed by atoms with Crippen LogP contribution in [0.15, 0.2) is 12.4 Å². The zero-order valence-corrected chi connectivity index (χ0v) is 10.6. The van der Waals surface area contributed by atoms with Crippen molar-refractivity contribution in [3.8, 4) is 0 Å². The van der Waals surface area contributed by atoms with Crippen LogP contribution in [-0.4, -0.2) is 33.0 Å². The van der Waals surface area contributed by atoms with Crippen LogP contribution in [0.4, 0.5) is 0 Å². The lowest BCUT2D eigenvalue weighted by atomic mass is 10.1. The van der Waals surface area contributed by atoms with E-state index in [0.717, 1.165) is 25.7 Å². The van der Waals surface area contributed by atoms with Gasteiger partial charge in [0.25, 0.3) is 5.91 Å². The lowest BCUT2D eigenvalue weighted by Gasteiger charge is -2.16. The van der Waals surface area contributed by atoms with Crippen LogP contribution in [-0.2, 0) is 0 Å². The lowest BCUT2D eigenvalue weighted by Crippen LogP contribution is -2.36. The van der Waals surface area contributed by atoms with Crippen molar-refractivity contribution >= 4 is 11.9 Å². The third-order valence-corrected chi connectivity index (χ3v) is 3.31. The summed E-state index contributed by atoms with van der Waals surface area (Å²) in [5.74, 6) is -1.68. The Balaban J connectivity index is 2.09. The van der Waals surface area contributed by atoms with Gasteiger partial charge >= 0.3 is 5.97 Å². The fourth-order valence-electron chi connectivity index (χ4n) is 2.34. The summed E-state index contributed by atoms with van der Waals surface area (Å²) in [4.78, 5) is 30.6. The van der Waals surface area contributed by atoms with E-state index in [4.69, 9.17) is 5.11 Å². The van der Waals surface area contributed by atoms with Crippen molar-refractivity contribution in [3.05, 3.63) is 23.8 Å². The van der Waals surface area contributed by atoms with Gasteiger partial charge in [0, 0.05) is 18.4 Å². The lowest BCUT2D eigenvalue weighted by molar-refractivity contribution is 0.0682. The number of carboxylic acid groups (broad SMARTS) is 1. The SMILES string of the molecule is O=C(O)c1nccnc1C(=O)NC1CCCCCC1. The first kappa shape index (κ1) is 13.5. The minimum Gasteiger partial charge on any atom is -0.476 e. The molecular formula is C13H17N3O3. The van der Waals surface area contributed by atoms with Gasteiger partial charge in [-0.15, -0.1) is 0 Å². The van der Waals surface area contributed by atoms with E-state index in [1.807, 2.05) is 0 Å². The number of rotatable bonds is 3. The van der Waals surface area contributed by atoms with Crippen LogP contribution in [0.2, 0.25) is 0 Å². The van der Waals surface area contributed by atoms with Gasteiger partial charge in [0.1, 0.15) is 0 Å². The first-order chi connectivity index (χ1) is 9.18. The highest BCUT2D eigenvalue weighted by Crippen LogP contribution is 2.17. The average Bonchev–Trinajstić information content (AvgIpc) is 2.67. The molecular weight excluding hydrogens is 246 g/mol. The maximum Gasteiger partial charge on any atom is 0.356 e. The summed E-state index contributed by atoms with van der Waals surface area (Å²) >= 11 is 0. The molecule has 1 heterocycles. The topological polar surface area (TPSA) is 92.2 Å². The molecule has 0 bridgehead atoms. The van der Waals surface area contributed by atoms with Crippen molar-refractivity contribution in [3.63, 3.8) is 0 Å². The third-order valence-electron chi connectivity index (χ3n) is 3.31. The van der Waals surface area contributed by atoms with Crippen LogP contribution in [0.1, 0.15) is 59.5 Å². The van der Waals surface area contributed by atoms with E-state index in [0.29, 0.717) is 0 Å². The van der Waals surface area contributed by atoms with Crippen molar-refractivity contribution in [1.82, 2.24) is 15.3 Å². The van der Waals surface area contributed by atoms with Gasteiger partial charge in [0.15, 0.2) is 11.4 Å². The number of carboxylic acids is 1. The number of aromatic carboxylic acids is 1. The van der Waals surface area contributed by atoms with Crippen molar-refractivity contribution in [2.24, 2.45) is 0 Å². The van der Waals surface area contributed by atoms with Crippen LogP contribution in [0, 0.1) is 0 Å². The summed E-state index contributed by atoms with van der Waals surface area (Å²) in [6.07, 6.45) is 9.05. The van der Waals surface area contributed by atoms with Gasteiger partial charge < -0.3 is 10.4 Å². The molecule has 6 nitrogen and oxygen atoms in total. The van der Waals surface area contributed by atoms with Gasteiger partial charge in [0.05, 0.1) is 0 Å². The molecule has 19 heavy (non-hydrogen) atoms. The zero-order chi connectivity index (χ0) is 13.7. The average molecular weight is 263 g/mol. The molecule has 1 aliphatic carbocycles. The second-order valence-electron chi connectivity index (χ2n) is 4.72. The number of aromatic nitrogens is 2. The van der Waals surface area contributed by atoms with Crippen LogP contribution in [0.3, 0.4) is 0 Å². The molecule has 0 aliphatic heterocycles. The van der Waals surface area contributed by atoms with Crippen LogP contribution in [0.5, 0.6) is 0 Å². The molecule has 2 N–H and O–H groups in total. The van der Waals surface area contributed by atoms with E-state index >= 15 is 0 Å². The molecule has 0 saturated heterocycles. The summed E-state index contributed by atoms with van der Waals surface area (Å²) in [5, 5.41) is 11.8. The summed E-state index contributed by atoms with van der Waals surface area (Å²) in [5.41, 5.74) is -0.409. The molecule has 1 aromatic rings. The number of nitrogens with one attached hydrogen (secondary N) is 1. The monoisotopic (exact) mass is 263 g/mol. The van der Waals surface area contributed by atoms with Crippen molar-refractivity contribution in [2.75, 3.05) is 0 Å². The first-order valence-electron chi connectivity index (χ1n) is 6.53. The van der Waals surface area contributed by atoms with Crippen LogP contribution in [0.25, 0.3) is 0 Å². The normalized spacial score (nSPS) is 16.6. The van der Waals surface area contributed by atoms with Gasteiger partial charge in [-0.3, -0.25) is 4.79 Å². The minimum atomic E-state index is -1.24. The van der Waals surface area contributed by atoms with E-state index in [2.05, 4.69) is 15.3 Å². The highest BCUT2D eigenvalue weighted by atomic mass is 16.4. The van der Waals surface area contributed by atoms with Crippen LogP contribution < -0.4 is 5.32 Å². The molecule has 0 unspecified atom stereocenters. The van der Waals surface area contributed by atoms with Crippen molar-refractivity contribution in [2.45, 2.75) is 44.6 Å². The molecule has 1 aliphatic rings. The highest BCUT2D eigenvalue weighted by molar-refractivity contribution is 6.02. The Morgan fingerprint density at radius 2 is 1.63 bits per heavy atom. The predicted molar refractivity (Wildman–Crippen MR) is 67.9 cm³/mol. The number of amides is 1. The Morgan fingerprint density at radius 3 is 2.21 bits per heavy atom.